The Balaban J connectivity index is 2.72. The summed E-state index contributed by atoms with van der Waals surface area (Å²) in [6.45, 7) is 10.1. The number of ether oxygens (including phenoxy) is 1. The smallest absolute Gasteiger partial charge is 0.121 e. The molecule has 0 spiro atoms. The zero-order chi connectivity index (χ0) is 12.3. The van der Waals surface area contributed by atoms with Gasteiger partial charge in [0.15, 0.2) is 0 Å². The lowest BCUT2D eigenvalue weighted by molar-refractivity contribution is 0.0604. The second-order valence-electron chi connectivity index (χ2n) is 5.34. The van der Waals surface area contributed by atoms with E-state index < -0.39 is 6.10 Å². The van der Waals surface area contributed by atoms with Crippen molar-refractivity contribution in [1.29, 1.82) is 0 Å². The number of rotatable bonds is 3. The largest absolute Gasteiger partial charge is 0.488 e. The average molecular weight is 222 g/mol. The SMILES string of the molecule is CC(O)C(C)Oc1ccc(C(C)(C)C)cc1. The molecule has 0 heterocycles. The molecule has 0 aliphatic rings. The van der Waals surface area contributed by atoms with E-state index in [9.17, 15) is 5.11 Å². The maximum Gasteiger partial charge on any atom is 0.121 e. The second kappa shape index (κ2) is 4.88. The van der Waals surface area contributed by atoms with Gasteiger partial charge in [0.05, 0.1) is 6.10 Å². The molecule has 0 aliphatic heterocycles. The van der Waals surface area contributed by atoms with Gasteiger partial charge < -0.3 is 9.84 Å². The topological polar surface area (TPSA) is 29.5 Å². The van der Waals surface area contributed by atoms with Crippen LogP contribution in [0.4, 0.5) is 0 Å². The van der Waals surface area contributed by atoms with Gasteiger partial charge in [-0.15, -0.1) is 0 Å². The molecule has 0 saturated heterocycles. The van der Waals surface area contributed by atoms with E-state index in [1.165, 1.54) is 5.56 Å². The van der Waals surface area contributed by atoms with Crippen LogP contribution in [0.3, 0.4) is 0 Å². The maximum atomic E-state index is 9.34. The maximum absolute atomic E-state index is 9.34. The lowest BCUT2D eigenvalue weighted by Crippen LogP contribution is -2.25. The molecular formula is C14H22O2. The van der Waals surface area contributed by atoms with Gasteiger partial charge in [-0.1, -0.05) is 32.9 Å². The van der Waals surface area contributed by atoms with Gasteiger partial charge in [0.1, 0.15) is 11.9 Å². The molecule has 0 radical (unpaired) electrons. The van der Waals surface area contributed by atoms with E-state index in [0.717, 1.165) is 5.75 Å². The second-order valence-corrected chi connectivity index (χ2v) is 5.34. The molecule has 1 N–H and O–H groups in total. The minimum absolute atomic E-state index is 0.161. The minimum atomic E-state index is -0.456. The molecule has 90 valence electrons. The summed E-state index contributed by atoms with van der Waals surface area (Å²) in [5, 5.41) is 9.34. The minimum Gasteiger partial charge on any atom is -0.488 e. The van der Waals surface area contributed by atoms with Crippen LogP contribution < -0.4 is 4.74 Å². The summed E-state index contributed by atoms with van der Waals surface area (Å²) in [4.78, 5) is 0. The number of benzene rings is 1. The van der Waals surface area contributed by atoms with Crippen LogP contribution >= 0.6 is 0 Å². The normalized spacial score (nSPS) is 15.6. The summed E-state index contributed by atoms with van der Waals surface area (Å²) < 4.78 is 5.59. The van der Waals surface area contributed by atoms with Crippen LogP contribution in [0.15, 0.2) is 24.3 Å². The molecule has 0 aromatic heterocycles. The first-order chi connectivity index (χ1) is 7.30. The zero-order valence-electron chi connectivity index (χ0n) is 10.8. The Morgan fingerprint density at radius 2 is 1.56 bits per heavy atom. The van der Waals surface area contributed by atoms with Gasteiger partial charge in [0.25, 0.3) is 0 Å². The first-order valence-corrected chi connectivity index (χ1v) is 5.76. The van der Waals surface area contributed by atoms with Crippen molar-refractivity contribution in [3.63, 3.8) is 0 Å². The van der Waals surface area contributed by atoms with Crippen LogP contribution in [0.2, 0.25) is 0 Å². The van der Waals surface area contributed by atoms with Gasteiger partial charge >= 0.3 is 0 Å². The van der Waals surface area contributed by atoms with Crippen molar-refractivity contribution >= 4 is 0 Å². The highest BCUT2D eigenvalue weighted by Gasteiger charge is 2.14. The molecule has 2 atom stereocenters. The molecule has 0 aliphatic carbocycles. The highest BCUT2D eigenvalue weighted by molar-refractivity contribution is 5.31. The summed E-state index contributed by atoms with van der Waals surface area (Å²) in [5.41, 5.74) is 1.44. The average Bonchev–Trinajstić information content (AvgIpc) is 2.17. The lowest BCUT2D eigenvalue weighted by atomic mass is 9.87. The number of hydrogen-bond donors (Lipinski definition) is 1. The Morgan fingerprint density at radius 1 is 1.06 bits per heavy atom. The van der Waals surface area contributed by atoms with Crippen LogP contribution in [0.1, 0.15) is 40.2 Å². The van der Waals surface area contributed by atoms with Crippen molar-refractivity contribution in [3.05, 3.63) is 29.8 Å². The van der Waals surface area contributed by atoms with Gasteiger partial charge in [0.2, 0.25) is 0 Å². The Morgan fingerprint density at radius 3 is 1.94 bits per heavy atom. The molecule has 2 heteroatoms. The Labute approximate surface area is 98.3 Å². The molecule has 0 saturated carbocycles. The van der Waals surface area contributed by atoms with Crippen molar-refractivity contribution < 1.29 is 9.84 Å². The third kappa shape index (κ3) is 3.53. The molecular weight excluding hydrogens is 200 g/mol. The zero-order valence-corrected chi connectivity index (χ0v) is 10.8. The van der Waals surface area contributed by atoms with Crippen LogP contribution in [0.25, 0.3) is 0 Å². The third-order valence-electron chi connectivity index (χ3n) is 2.72. The molecule has 0 amide bonds. The van der Waals surface area contributed by atoms with E-state index in [4.69, 9.17) is 4.74 Å². The first kappa shape index (κ1) is 13.0. The van der Waals surface area contributed by atoms with Gasteiger partial charge in [-0.3, -0.25) is 0 Å². The Bertz CT molecular complexity index is 320. The molecule has 16 heavy (non-hydrogen) atoms. The van der Waals surface area contributed by atoms with E-state index in [1.807, 2.05) is 19.1 Å². The Kier molecular flexibility index (Phi) is 3.98. The van der Waals surface area contributed by atoms with E-state index in [2.05, 4.69) is 32.9 Å². The quantitative estimate of drug-likeness (QED) is 0.851. The van der Waals surface area contributed by atoms with Crippen molar-refractivity contribution in [2.75, 3.05) is 0 Å². The first-order valence-electron chi connectivity index (χ1n) is 5.76. The predicted molar refractivity (Wildman–Crippen MR) is 66.9 cm³/mol. The fraction of sp³-hybridized carbons (Fsp3) is 0.571. The van der Waals surface area contributed by atoms with Crippen molar-refractivity contribution in [3.8, 4) is 5.75 Å². The lowest BCUT2D eigenvalue weighted by Gasteiger charge is -2.21. The summed E-state index contributed by atoms with van der Waals surface area (Å²) in [7, 11) is 0. The molecule has 1 aromatic carbocycles. The number of hydrogen-bond acceptors (Lipinski definition) is 2. The van der Waals surface area contributed by atoms with E-state index in [-0.39, 0.29) is 11.5 Å². The van der Waals surface area contributed by atoms with E-state index in [1.54, 1.807) is 6.92 Å². The summed E-state index contributed by atoms with van der Waals surface area (Å²) in [5.74, 6) is 0.807. The highest BCUT2D eigenvalue weighted by Crippen LogP contribution is 2.24. The van der Waals surface area contributed by atoms with Gasteiger partial charge in [0, 0.05) is 0 Å². The van der Waals surface area contributed by atoms with E-state index >= 15 is 0 Å². The summed E-state index contributed by atoms with van der Waals surface area (Å²) in [6.07, 6.45) is -0.636. The van der Waals surface area contributed by atoms with Crippen molar-refractivity contribution in [2.24, 2.45) is 0 Å². The van der Waals surface area contributed by atoms with Crippen LogP contribution in [0, 0.1) is 0 Å². The van der Waals surface area contributed by atoms with Crippen molar-refractivity contribution in [1.82, 2.24) is 0 Å². The highest BCUT2D eigenvalue weighted by atomic mass is 16.5. The fourth-order valence-corrected chi connectivity index (χ4v) is 1.35. The monoisotopic (exact) mass is 222 g/mol. The molecule has 1 aromatic rings. The summed E-state index contributed by atoms with van der Waals surface area (Å²) in [6, 6.07) is 8.06. The molecule has 2 nitrogen and oxygen atoms in total. The molecule has 2 unspecified atom stereocenters. The van der Waals surface area contributed by atoms with E-state index in [0.29, 0.717) is 0 Å². The summed E-state index contributed by atoms with van der Waals surface area (Å²) >= 11 is 0. The van der Waals surface area contributed by atoms with Crippen LogP contribution in [-0.2, 0) is 5.41 Å². The Hall–Kier alpha value is -1.02. The van der Waals surface area contributed by atoms with Gasteiger partial charge in [-0.05, 0) is 37.0 Å². The predicted octanol–water partition coefficient (Wildman–Crippen LogP) is 3.13. The standard InChI is InChI=1S/C14H22O2/c1-10(15)11(2)16-13-8-6-12(7-9-13)14(3,4)5/h6-11,15H,1-5H3. The third-order valence-corrected chi connectivity index (χ3v) is 2.72. The van der Waals surface area contributed by atoms with Gasteiger partial charge in [-0.2, -0.15) is 0 Å². The fourth-order valence-electron chi connectivity index (χ4n) is 1.35. The number of aliphatic hydroxyl groups excluding tert-OH is 1. The van der Waals surface area contributed by atoms with Crippen LogP contribution in [0.5, 0.6) is 5.75 Å². The van der Waals surface area contributed by atoms with Crippen molar-refractivity contribution in [2.45, 2.75) is 52.2 Å². The molecule has 0 bridgehead atoms. The van der Waals surface area contributed by atoms with Gasteiger partial charge in [-0.25, -0.2) is 0 Å². The molecule has 1 rings (SSSR count). The molecule has 0 fully saturated rings. The number of aliphatic hydroxyl groups is 1. The van der Waals surface area contributed by atoms with Crippen LogP contribution in [-0.4, -0.2) is 17.3 Å².